The normalized spacial score (nSPS) is 15.5. The molecule has 0 unspecified atom stereocenters. The molecule has 1 aliphatic carbocycles. The number of hydrogen-bond acceptors (Lipinski definition) is 3. The highest BCUT2D eigenvalue weighted by molar-refractivity contribution is 5.24. The summed E-state index contributed by atoms with van der Waals surface area (Å²) in [6.45, 7) is 9.67. The highest BCUT2D eigenvalue weighted by Crippen LogP contribution is 2.28. The number of ether oxygens (including phenoxy) is 1. The Morgan fingerprint density at radius 3 is 2.82 bits per heavy atom. The third kappa shape index (κ3) is 3.30. The standard InChI is InChI=1S/C13H23N3O/c1-4-14-7-13-10(2)15-16(11(13)3)9-17-8-12-5-6-12/h12,14H,4-9H2,1-3H3. The van der Waals surface area contributed by atoms with Crippen LogP contribution >= 0.6 is 0 Å². The predicted molar refractivity (Wildman–Crippen MR) is 67.8 cm³/mol. The van der Waals surface area contributed by atoms with Crippen molar-refractivity contribution in [2.45, 2.75) is 46.9 Å². The molecule has 0 atom stereocenters. The number of nitrogens with zero attached hydrogens (tertiary/aromatic N) is 2. The summed E-state index contributed by atoms with van der Waals surface area (Å²) in [5.74, 6) is 0.813. The maximum absolute atomic E-state index is 5.68. The van der Waals surface area contributed by atoms with Crippen molar-refractivity contribution in [1.82, 2.24) is 15.1 Å². The molecule has 0 spiro atoms. The summed E-state index contributed by atoms with van der Waals surface area (Å²) in [6.07, 6.45) is 2.67. The van der Waals surface area contributed by atoms with Gasteiger partial charge in [-0.3, -0.25) is 0 Å². The topological polar surface area (TPSA) is 39.1 Å². The van der Waals surface area contributed by atoms with E-state index in [9.17, 15) is 0 Å². The highest BCUT2D eigenvalue weighted by atomic mass is 16.5. The van der Waals surface area contributed by atoms with Gasteiger partial charge >= 0.3 is 0 Å². The first-order chi connectivity index (χ1) is 8.22. The van der Waals surface area contributed by atoms with Crippen LogP contribution in [0.3, 0.4) is 0 Å². The molecule has 1 heterocycles. The molecule has 1 saturated carbocycles. The summed E-state index contributed by atoms with van der Waals surface area (Å²) in [5.41, 5.74) is 3.64. The van der Waals surface area contributed by atoms with Gasteiger partial charge in [0.1, 0.15) is 6.73 Å². The van der Waals surface area contributed by atoms with Crippen LogP contribution in [-0.4, -0.2) is 22.9 Å². The number of hydrogen-bond donors (Lipinski definition) is 1. The summed E-state index contributed by atoms with van der Waals surface area (Å²) in [7, 11) is 0. The van der Waals surface area contributed by atoms with Crippen molar-refractivity contribution in [3.05, 3.63) is 17.0 Å². The van der Waals surface area contributed by atoms with Crippen LogP contribution in [0.1, 0.15) is 36.7 Å². The molecule has 1 N–H and O–H groups in total. The Bertz CT molecular complexity index is 369. The van der Waals surface area contributed by atoms with Gasteiger partial charge in [0.2, 0.25) is 0 Å². The first-order valence-electron chi connectivity index (χ1n) is 6.53. The Morgan fingerprint density at radius 2 is 2.18 bits per heavy atom. The fraction of sp³-hybridized carbons (Fsp3) is 0.769. The minimum atomic E-state index is 0.593. The predicted octanol–water partition coefficient (Wildman–Crippen LogP) is 1.99. The van der Waals surface area contributed by atoms with Gasteiger partial charge in [-0.15, -0.1) is 0 Å². The summed E-state index contributed by atoms with van der Waals surface area (Å²) in [5, 5.41) is 7.88. The number of nitrogens with one attached hydrogen (secondary N) is 1. The molecule has 0 saturated heterocycles. The van der Waals surface area contributed by atoms with Gasteiger partial charge in [0.15, 0.2) is 0 Å². The van der Waals surface area contributed by atoms with Gasteiger partial charge in [0, 0.05) is 17.8 Å². The van der Waals surface area contributed by atoms with Crippen molar-refractivity contribution in [3.8, 4) is 0 Å². The van der Waals surface area contributed by atoms with Crippen molar-refractivity contribution in [3.63, 3.8) is 0 Å². The van der Waals surface area contributed by atoms with Gasteiger partial charge in [0.25, 0.3) is 0 Å². The van der Waals surface area contributed by atoms with Crippen LogP contribution in [0.4, 0.5) is 0 Å². The second kappa shape index (κ2) is 5.65. The molecule has 1 fully saturated rings. The fourth-order valence-corrected chi connectivity index (χ4v) is 1.96. The van der Waals surface area contributed by atoms with Crippen LogP contribution in [0, 0.1) is 19.8 Å². The zero-order valence-corrected chi connectivity index (χ0v) is 11.1. The molecular weight excluding hydrogens is 214 g/mol. The zero-order valence-electron chi connectivity index (χ0n) is 11.1. The lowest BCUT2D eigenvalue weighted by Gasteiger charge is -2.06. The molecule has 2 rings (SSSR count). The highest BCUT2D eigenvalue weighted by Gasteiger charge is 2.21. The lowest BCUT2D eigenvalue weighted by Crippen LogP contribution is -2.13. The van der Waals surface area contributed by atoms with Crippen LogP contribution < -0.4 is 5.32 Å². The van der Waals surface area contributed by atoms with Crippen LogP contribution in [0.2, 0.25) is 0 Å². The van der Waals surface area contributed by atoms with Crippen molar-refractivity contribution in [1.29, 1.82) is 0 Å². The minimum absolute atomic E-state index is 0.593. The maximum Gasteiger partial charge on any atom is 0.139 e. The molecule has 17 heavy (non-hydrogen) atoms. The third-order valence-electron chi connectivity index (χ3n) is 3.35. The molecule has 1 aliphatic rings. The smallest absolute Gasteiger partial charge is 0.139 e. The van der Waals surface area contributed by atoms with Crippen molar-refractivity contribution in [2.24, 2.45) is 5.92 Å². The van der Waals surface area contributed by atoms with Gasteiger partial charge in [-0.05, 0) is 39.2 Å². The Kier molecular flexibility index (Phi) is 4.18. The summed E-state index contributed by atoms with van der Waals surface area (Å²) >= 11 is 0. The lowest BCUT2D eigenvalue weighted by molar-refractivity contribution is 0.0597. The van der Waals surface area contributed by atoms with E-state index in [1.54, 1.807) is 0 Å². The second-order valence-corrected chi connectivity index (χ2v) is 4.87. The molecule has 0 radical (unpaired) electrons. The van der Waals surface area contributed by atoms with E-state index in [2.05, 4.69) is 31.2 Å². The molecule has 1 aromatic heterocycles. The average Bonchev–Trinajstić information content (AvgIpc) is 3.07. The van der Waals surface area contributed by atoms with Crippen LogP contribution in [0.5, 0.6) is 0 Å². The number of aromatic nitrogens is 2. The Hall–Kier alpha value is -0.870. The van der Waals surface area contributed by atoms with E-state index >= 15 is 0 Å². The van der Waals surface area contributed by atoms with E-state index in [0.717, 1.165) is 31.3 Å². The van der Waals surface area contributed by atoms with Crippen molar-refractivity contribution >= 4 is 0 Å². The first kappa shape index (κ1) is 12.6. The van der Waals surface area contributed by atoms with Gasteiger partial charge in [-0.1, -0.05) is 6.92 Å². The molecule has 0 aromatic carbocycles. The monoisotopic (exact) mass is 237 g/mol. The van der Waals surface area contributed by atoms with Crippen molar-refractivity contribution in [2.75, 3.05) is 13.2 Å². The van der Waals surface area contributed by atoms with Crippen LogP contribution in [0.15, 0.2) is 0 Å². The van der Waals surface area contributed by atoms with E-state index in [-0.39, 0.29) is 0 Å². The summed E-state index contributed by atoms with van der Waals surface area (Å²) < 4.78 is 7.65. The number of rotatable bonds is 7. The van der Waals surface area contributed by atoms with Gasteiger partial charge in [0.05, 0.1) is 12.3 Å². The minimum Gasteiger partial charge on any atom is -0.359 e. The molecule has 0 amide bonds. The SMILES string of the molecule is CCNCc1c(C)nn(COCC2CC2)c1C. The molecular formula is C13H23N3O. The Balaban J connectivity index is 1.91. The quantitative estimate of drug-likeness (QED) is 0.788. The maximum atomic E-state index is 5.68. The molecule has 1 aromatic rings. The third-order valence-corrected chi connectivity index (χ3v) is 3.35. The van der Waals surface area contributed by atoms with Gasteiger partial charge < -0.3 is 10.1 Å². The Morgan fingerprint density at radius 1 is 1.41 bits per heavy atom. The van der Waals surface area contributed by atoms with Crippen molar-refractivity contribution < 1.29 is 4.74 Å². The average molecular weight is 237 g/mol. The van der Waals surface area contributed by atoms with Gasteiger partial charge in [-0.25, -0.2) is 4.68 Å². The van der Waals surface area contributed by atoms with E-state index in [0.29, 0.717) is 6.73 Å². The van der Waals surface area contributed by atoms with E-state index < -0.39 is 0 Å². The molecule has 0 bridgehead atoms. The molecule has 96 valence electrons. The first-order valence-corrected chi connectivity index (χ1v) is 6.53. The van der Waals surface area contributed by atoms with Gasteiger partial charge in [-0.2, -0.15) is 5.10 Å². The largest absolute Gasteiger partial charge is 0.359 e. The Labute approximate surface area is 103 Å². The van der Waals surface area contributed by atoms with Crippen LogP contribution in [0.25, 0.3) is 0 Å². The lowest BCUT2D eigenvalue weighted by atomic mass is 10.2. The number of aryl methyl sites for hydroxylation is 1. The molecule has 4 nitrogen and oxygen atoms in total. The molecule has 4 heteroatoms. The fourth-order valence-electron chi connectivity index (χ4n) is 1.96. The van der Waals surface area contributed by atoms with E-state index in [1.807, 2.05) is 4.68 Å². The zero-order chi connectivity index (χ0) is 12.3. The van der Waals surface area contributed by atoms with Crippen LogP contribution in [-0.2, 0) is 18.0 Å². The van der Waals surface area contributed by atoms with E-state index in [1.165, 1.54) is 24.1 Å². The van der Waals surface area contributed by atoms with E-state index in [4.69, 9.17) is 4.74 Å². The summed E-state index contributed by atoms with van der Waals surface area (Å²) in [4.78, 5) is 0. The molecule has 0 aliphatic heterocycles. The second-order valence-electron chi connectivity index (χ2n) is 4.87. The summed E-state index contributed by atoms with van der Waals surface area (Å²) in [6, 6.07) is 0.